The summed E-state index contributed by atoms with van der Waals surface area (Å²) in [6.07, 6.45) is 5.43. The highest BCUT2D eigenvalue weighted by atomic mass is 16.5. The van der Waals surface area contributed by atoms with Crippen LogP contribution in [-0.4, -0.2) is 33.9 Å². The van der Waals surface area contributed by atoms with Gasteiger partial charge in [0.2, 0.25) is 0 Å². The highest BCUT2D eigenvalue weighted by Crippen LogP contribution is 2.20. The van der Waals surface area contributed by atoms with Gasteiger partial charge in [-0.05, 0) is 19.1 Å². The minimum atomic E-state index is -0.359. The molecule has 2 aromatic rings. The summed E-state index contributed by atoms with van der Waals surface area (Å²) >= 11 is 0. The van der Waals surface area contributed by atoms with Crippen LogP contribution in [0.25, 0.3) is 11.3 Å². The fraction of sp³-hybridized carbons (Fsp3) is 0.357. The number of hydrogen-bond acceptors (Lipinski definition) is 5. The quantitative estimate of drug-likeness (QED) is 0.828. The summed E-state index contributed by atoms with van der Waals surface area (Å²) in [7, 11) is 3.25. The second kappa shape index (κ2) is 6.29. The van der Waals surface area contributed by atoms with Crippen LogP contribution < -0.4 is 5.32 Å². The van der Waals surface area contributed by atoms with Gasteiger partial charge in [-0.3, -0.25) is 14.5 Å². The Kier molecular flexibility index (Phi) is 4.47. The highest BCUT2D eigenvalue weighted by molar-refractivity contribution is 5.75. The van der Waals surface area contributed by atoms with Crippen molar-refractivity contribution in [1.82, 2.24) is 20.1 Å². The number of hydrogen-bond donors (Lipinski definition) is 1. The van der Waals surface area contributed by atoms with Gasteiger partial charge in [-0.2, -0.15) is 5.10 Å². The number of rotatable bonds is 5. The van der Waals surface area contributed by atoms with Gasteiger partial charge in [0.15, 0.2) is 0 Å². The predicted molar refractivity (Wildman–Crippen MR) is 74.8 cm³/mol. The van der Waals surface area contributed by atoms with Crippen LogP contribution in [0.3, 0.4) is 0 Å². The Morgan fingerprint density at radius 3 is 3.00 bits per heavy atom. The van der Waals surface area contributed by atoms with Crippen LogP contribution in [0.15, 0.2) is 30.7 Å². The van der Waals surface area contributed by atoms with Crippen molar-refractivity contribution < 1.29 is 9.53 Å². The van der Waals surface area contributed by atoms with Crippen LogP contribution in [0.1, 0.15) is 12.5 Å². The summed E-state index contributed by atoms with van der Waals surface area (Å²) in [4.78, 5) is 15.5. The number of esters is 1. The summed E-state index contributed by atoms with van der Waals surface area (Å²) in [6.45, 7) is 2.31. The molecule has 0 amide bonds. The lowest BCUT2D eigenvalue weighted by Gasteiger charge is -2.11. The van der Waals surface area contributed by atoms with Gasteiger partial charge in [-0.1, -0.05) is 0 Å². The number of aryl methyl sites for hydroxylation is 1. The number of nitrogens with one attached hydrogen (secondary N) is 1. The van der Waals surface area contributed by atoms with Gasteiger partial charge in [0, 0.05) is 43.3 Å². The molecule has 0 aliphatic rings. The van der Waals surface area contributed by atoms with Crippen LogP contribution in [0.5, 0.6) is 0 Å². The van der Waals surface area contributed by atoms with E-state index in [1.165, 1.54) is 7.11 Å². The van der Waals surface area contributed by atoms with E-state index in [2.05, 4.69) is 20.1 Å². The van der Waals surface area contributed by atoms with Gasteiger partial charge >= 0.3 is 5.97 Å². The Labute approximate surface area is 117 Å². The van der Waals surface area contributed by atoms with Crippen molar-refractivity contribution in [3.05, 3.63) is 36.3 Å². The Balaban J connectivity index is 2.15. The summed E-state index contributed by atoms with van der Waals surface area (Å²) in [5.41, 5.74) is 2.83. The first-order chi connectivity index (χ1) is 9.61. The third-order valence-corrected chi connectivity index (χ3v) is 2.99. The van der Waals surface area contributed by atoms with E-state index in [1.807, 2.05) is 25.4 Å². The molecule has 2 aromatic heterocycles. The van der Waals surface area contributed by atoms with E-state index in [-0.39, 0.29) is 12.0 Å². The third kappa shape index (κ3) is 3.21. The Bertz CT molecular complexity index is 580. The molecule has 0 aliphatic carbocycles. The van der Waals surface area contributed by atoms with E-state index >= 15 is 0 Å². The first-order valence-electron chi connectivity index (χ1n) is 6.36. The number of ether oxygens (including phenoxy) is 1. The van der Waals surface area contributed by atoms with Gasteiger partial charge in [-0.15, -0.1) is 0 Å². The van der Waals surface area contributed by atoms with E-state index in [0.29, 0.717) is 6.54 Å². The smallest absolute Gasteiger partial charge is 0.322 e. The molecule has 1 N–H and O–H groups in total. The van der Waals surface area contributed by atoms with Gasteiger partial charge in [-0.25, -0.2) is 0 Å². The van der Waals surface area contributed by atoms with E-state index in [1.54, 1.807) is 24.0 Å². The van der Waals surface area contributed by atoms with Crippen molar-refractivity contribution in [3.8, 4) is 11.3 Å². The predicted octanol–water partition coefficient (Wildman–Crippen LogP) is 1.13. The molecule has 0 spiro atoms. The molecule has 2 rings (SSSR count). The van der Waals surface area contributed by atoms with Crippen LogP contribution in [-0.2, 0) is 23.1 Å². The van der Waals surface area contributed by atoms with Gasteiger partial charge in [0.05, 0.1) is 12.8 Å². The molecule has 0 aliphatic heterocycles. The van der Waals surface area contributed by atoms with E-state index in [4.69, 9.17) is 0 Å². The second-order valence-electron chi connectivity index (χ2n) is 4.54. The van der Waals surface area contributed by atoms with Crippen LogP contribution in [0.2, 0.25) is 0 Å². The third-order valence-electron chi connectivity index (χ3n) is 2.99. The molecular weight excluding hydrogens is 256 g/mol. The van der Waals surface area contributed by atoms with Gasteiger partial charge in [0.1, 0.15) is 6.04 Å². The van der Waals surface area contributed by atoms with E-state index < -0.39 is 0 Å². The first-order valence-corrected chi connectivity index (χ1v) is 6.36. The SMILES string of the molecule is COC(=O)[C@H](C)NCc1cn(C)nc1-c1cccnc1. The lowest BCUT2D eigenvalue weighted by molar-refractivity contribution is -0.142. The monoisotopic (exact) mass is 274 g/mol. The molecule has 1 atom stereocenters. The fourth-order valence-electron chi connectivity index (χ4n) is 1.94. The molecule has 0 radical (unpaired) electrons. The number of carbonyl (C=O) groups is 1. The molecule has 0 bridgehead atoms. The highest BCUT2D eigenvalue weighted by Gasteiger charge is 2.15. The molecule has 0 saturated heterocycles. The molecule has 0 saturated carbocycles. The molecule has 0 unspecified atom stereocenters. The average Bonchev–Trinajstić information content (AvgIpc) is 2.85. The Morgan fingerprint density at radius 1 is 1.55 bits per heavy atom. The molecule has 6 heteroatoms. The normalized spacial score (nSPS) is 12.2. The zero-order chi connectivity index (χ0) is 14.5. The van der Waals surface area contributed by atoms with Crippen molar-refractivity contribution in [1.29, 1.82) is 0 Å². The maximum absolute atomic E-state index is 11.4. The Morgan fingerprint density at radius 2 is 2.35 bits per heavy atom. The number of carbonyl (C=O) groups excluding carboxylic acids is 1. The summed E-state index contributed by atoms with van der Waals surface area (Å²) in [5, 5.41) is 7.57. The fourth-order valence-corrected chi connectivity index (χ4v) is 1.94. The number of pyridine rings is 1. The van der Waals surface area contributed by atoms with Crippen molar-refractivity contribution in [2.75, 3.05) is 7.11 Å². The summed E-state index contributed by atoms with van der Waals surface area (Å²) in [6, 6.07) is 3.47. The molecule has 20 heavy (non-hydrogen) atoms. The van der Waals surface area contributed by atoms with Crippen molar-refractivity contribution in [3.63, 3.8) is 0 Å². The van der Waals surface area contributed by atoms with E-state index in [9.17, 15) is 4.79 Å². The molecule has 2 heterocycles. The molecule has 6 nitrogen and oxygen atoms in total. The first kappa shape index (κ1) is 14.2. The zero-order valence-electron chi connectivity index (χ0n) is 11.8. The van der Waals surface area contributed by atoms with Crippen LogP contribution in [0.4, 0.5) is 0 Å². The maximum Gasteiger partial charge on any atom is 0.322 e. The summed E-state index contributed by atoms with van der Waals surface area (Å²) in [5.74, 6) is -0.281. The minimum Gasteiger partial charge on any atom is -0.468 e. The molecule has 106 valence electrons. The molecule has 0 fully saturated rings. The summed E-state index contributed by atoms with van der Waals surface area (Å²) < 4.78 is 6.44. The standard InChI is InChI=1S/C14H18N4O2/c1-10(14(19)20-3)16-8-12-9-18(2)17-13(12)11-5-4-6-15-7-11/h4-7,9-10,16H,8H2,1-3H3/t10-/m0/s1. The molecule has 0 aromatic carbocycles. The topological polar surface area (TPSA) is 69.0 Å². The molecular formula is C14H18N4O2. The number of methoxy groups -OCH3 is 1. The lowest BCUT2D eigenvalue weighted by Crippen LogP contribution is -2.34. The second-order valence-corrected chi connectivity index (χ2v) is 4.54. The average molecular weight is 274 g/mol. The number of nitrogens with zero attached hydrogens (tertiary/aromatic N) is 3. The van der Waals surface area contributed by atoms with E-state index in [0.717, 1.165) is 16.8 Å². The van der Waals surface area contributed by atoms with Crippen LogP contribution >= 0.6 is 0 Å². The maximum atomic E-state index is 11.4. The van der Waals surface area contributed by atoms with Crippen LogP contribution in [0, 0.1) is 0 Å². The van der Waals surface area contributed by atoms with Crippen molar-refractivity contribution in [2.24, 2.45) is 7.05 Å². The van der Waals surface area contributed by atoms with Gasteiger partial charge < -0.3 is 10.1 Å². The van der Waals surface area contributed by atoms with Crippen molar-refractivity contribution >= 4 is 5.97 Å². The lowest BCUT2D eigenvalue weighted by atomic mass is 10.1. The number of aromatic nitrogens is 3. The minimum absolute atomic E-state index is 0.281. The Hall–Kier alpha value is -2.21. The largest absolute Gasteiger partial charge is 0.468 e. The van der Waals surface area contributed by atoms with Gasteiger partial charge in [0.25, 0.3) is 0 Å². The zero-order valence-corrected chi connectivity index (χ0v) is 11.8. The van der Waals surface area contributed by atoms with Crippen molar-refractivity contribution in [2.45, 2.75) is 19.5 Å².